The molecule has 0 spiro atoms. The fourth-order valence-electron chi connectivity index (χ4n) is 3.10. The van der Waals surface area contributed by atoms with Gasteiger partial charge >= 0.3 is 12.0 Å². The van der Waals surface area contributed by atoms with Crippen LogP contribution in [0.5, 0.6) is 0 Å². The predicted molar refractivity (Wildman–Crippen MR) is 73.5 cm³/mol. The van der Waals surface area contributed by atoms with Crippen LogP contribution in [0.15, 0.2) is 0 Å². The highest BCUT2D eigenvalue weighted by Gasteiger charge is 2.42. The molecule has 1 heterocycles. The van der Waals surface area contributed by atoms with Crippen molar-refractivity contribution in [2.24, 2.45) is 5.41 Å². The van der Waals surface area contributed by atoms with Gasteiger partial charge in [0.1, 0.15) is 0 Å². The van der Waals surface area contributed by atoms with Gasteiger partial charge in [0, 0.05) is 20.2 Å². The summed E-state index contributed by atoms with van der Waals surface area (Å²) in [4.78, 5) is 25.1. The number of carbonyl (C=O) groups is 2. The van der Waals surface area contributed by atoms with Crippen LogP contribution in [0.25, 0.3) is 0 Å². The third-order valence-electron chi connectivity index (χ3n) is 4.59. The second kappa shape index (κ2) is 5.99. The highest BCUT2D eigenvalue weighted by Crippen LogP contribution is 2.30. The number of hydrogen-bond acceptors (Lipinski definition) is 3. The number of aliphatic carboxylic acids is 1. The van der Waals surface area contributed by atoms with Crippen LogP contribution in [0.4, 0.5) is 4.79 Å². The van der Waals surface area contributed by atoms with Crippen LogP contribution in [-0.4, -0.2) is 54.4 Å². The second-order valence-corrected chi connectivity index (χ2v) is 6.15. The topological polar surface area (TPSA) is 78.9 Å². The van der Waals surface area contributed by atoms with E-state index >= 15 is 0 Å². The van der Waals surface area contributed by atoms with Crippen LogP contribution in [-0.2, 0) is 9.53 Å². The van der Waals surface area contributed by atoms with Gasteiger partial charge in [-0.15, -0.1) is 0 Å². The number of carboxylic acids is 1. The molecule has 1 saturated heterocycles. The Balaban J connectivity index is 1.91. The van der Waals surface area contributed by atoms with Gasteiger partial charge in [-0.3, -0.25) is 4.79 Å². The van der Waals surface area contributed by atoms with Crippen LogP contribution in [0.1, 0.15) is 39.0 Å². The number of carboxylic acid groups (broad SMARTS) is 1. The molecule has 20 heavy (non-hydrogen) atoms. The van der Waals surface area contributed by atoms with Gasteiger partial charge in [0.2, 0.25) is 0 Å². The smallest absolute Gasteiger partial charge is 0.317 e. The summed E-state index contributed by atoms with van der Waals surface area (Å²) in [5.41, 5.74) is -0.815. The first-order valence-corrected chi connectivity index (χ1v) is 7.28. The van der Waals surface area contributed by atoms with Crippen LogP contribution >= 0.6 is 0 Å². The Morgan fingerprint density at radius 2 is 2.05 bits per heavy atom. The van der Waals surface area contributed by atoms with Crippen molar-refractivity contribution in [1.29, 1.82) is 0 Å². The van der Waals surface area contributed by atoms with Crippen molar-refractivity contribution in [2.75, 3.05) is 20.2 Å². The largest absolute Gasteiger partial charge is 0.481 e. The van der Waals surface area contributed by atoms with Crippen molar-refractivity contribution in [1.82, 2.24) is 10.2 Å². The van der Waals surface area contributed by atoms with Gasteiger partial charge < -0.3 is 20.1 Å². The second-order valence-electron chi connectivity index (χ2n) is 6.15. The number of rotatable bonds is 3. The Labute approximate surface area is 119 Å². The Hall–Kier alpha value is -1.30. The average molecular weight is 284 g/mol. The summed E-state index contributed by atoms with van der Waals surface area (Å²) in [5.74, 6) is -0.833. The molecular weight excluding hydrogens is 260 g/mol. The summed E-state index contributed by atoms with van der Waals surface area (Å²) in [6, 6.07) is -0.123. The number of carbonyl (C=O) groups excluding carboxylic acids is 1. The van der Waals surface area contributed by atoms with Crippen LogP contribution in [0, 0.1) is 5.41 Å². The molecule has 0 bridgehead atoms. The average Bonchev–Trinajstić information content (AvgIpc) is 2.83. The fraction of sp³-hybridized carbons (Fsp3) is 0.857. The first-order chi connectivity index (χ1) is 9.46. The molecule has 2 aliphatic rings. The van der Waals surface area contributed by atoms with Crippen molar-refractivity contribution in [3.63, 3.8) is 0 Å². The lowest BCUT2D eigenvalue weighted by atomic mass is 9.90. The number of amides is 2. The van der Waals surface area contributed by atoms with Crippen LogP contribution in [0.2, 0.25) is 0 Å². The zero-order chi connectivity index (χ0) is 14.8. The normalized spacial score (nSPS) is 34.0. The fourth-order valence-corrected chi connectivity index (χ4v) is 3.10. The van der Waals surface area contributed by atoms with E-state index in [1.807, 2.05) is 0 Å². The molecule has 6 heteroatoms. The number of hydrogen-bond donors (Lipinski definition) is 2. The third kappa shape index (κ3) is 3.06. The van der Waals surface area contributed by atoms with E-state index in [4.69, 9.17) is 4.74 Å². The minimum atomic E-state index is -0.833. The number of ether oxygens (including phenoxy) is 1. The summed E-state index contributed by atoms with van der Waals surface area (Å²) in [7, 11) is 1.67. The maximum atomic E-state index is 12.3. The summed E-state index contributed by atoms with van der Waals surface area (Å²) in [6.07, 6.45) is 4.70. The number of nitrogens with one attached hydrogen (secondary N) is 1. The van der Waals surface area contributed by atoms with Crippen molar-refractivity contribution >= 4 is 12.0 Å². The molecule has 2 rings (SSSR count). The summed E-state index contributed by atoms with van der Waals surface area (Å²) in [5, 5.41) is 12.2. The SMILES string of the molecule is COC1CCCCC1NC(=O)N1CCC(C)(C(=O)O)C1. The molecule has 3 unspecified atom stereocenters. The minimum Gasteiger partial charge on any atom is -0.481 e. The quantitative estimate of drug-likeness (QED) is 0.822. The molecule has 1 aliphatic heterocycles. The lowest BCUT2D eigenvalue weighted by Crippen LogP contribution is -2.50. The number of nitrogens with zero attached hydrogens (tertiary/aromatic N) is 1. The van der Waals surface area contributed by atoms with Gasteiger partial charge in [-0.1, -0.05) is 12.8 Å². The molecule has 1 aliphatic carbocycles. The number of likely N-dealkylation sites (tertiary alicyclic amines) is 1. The zero-order valence-corrected chi connectivity index (χ0v) is 12.2. The van der Waals surface area contributed by atoms with Gasteiger partial charge in [-0.2, -0.15) is 0 Å². The van der Waals surface area contributed by atoms with E-state index in [1.165, 1.54) is 0 Å². The maximum absolute atomic E-state index is 12.3. The van der Waals surface area contributed by atoms with Crippen molar-refractivity contribution in [3.05, 3.63) is 0 Å². The molecule has 3 atom stereocenters. The summed E-state index contributed by atoms with van der Waals surface area (Å²) >= 11 is 0. The Kier molecular flexibility index (Phi) is 4.52. The van der Waals surface area contributed by atoms with E-state index in [9.17, 15) is 14.7 Å². The van der Waals surface area contributed by atoms with E-state index < -0.39 is 11.4 Å². The molecule has 2 amide bonds. The molecule has 0 aromatic heterocycles. The lowest BCUT2D eigenvalue weighted by Gasteiger charge is -2.32. The van der Waals surface area contributed by atoms with E-state index in [1.54, 1.807) is 18.9 Å². The van der Waals surface area contributed by atoms with Gasteiger partial charge in [0.25, 0.3) is 0 Å². The molecule has 0 aromatic rings. The molecular formula is C14H24N2O4. The minimum absolute atomic E-state index is 0.0398. The van der Waals surface area contributed by atoms with Gasteiger partial charge in [-0.25, -0.2) is 4.79 Å². The van der Waals surface area contributed by atoms with E-state index in [0.29, 0.717) is 13.0 Å². The standard InChI is InChI=1S/C14H24N2O4/c1-14(12(17)18)7-8-16(9-14)13(19)15-10-5-3-4-6-11(10)20-2/h10-11H,3-9H2,1-2H3,(H,15,19)(H,17,18). The highest BCUT2D eigenvalue weighted by atomic mass is 16.5. The molecule has 114 valence electrons. The van der Waals surface area contributed by atoms with Gasteiger partial charge in [0.05, 0.1) is 17.6 Å². The lowest BCUT2D eigenvalue weighted by molar-refractivity contribution is -0.147. The maximum Gasteiger partial charge on any atom is 0.317 e. The van der Waals surface area contributed by atoms with Crippen molar-refractivity contribution < 1.29 is 19.4 Å². The Morgan fingerprint density at radius 1 is 1.35 bits per heavy atom. The van der Waals surface area contributed by atoms with Crippen LogP contribution in [0.3, 0.4) is 0 Å². The predicted octanol–water partition coefficient (Wildman–Crippen LogP) is 1.45. The molecule has 0 radical (unpaired) electrons. The van der Waals surface area contributed by atoms with Gasteiger partial charge in [-0.05, 0) is 26.2 Å². The Bertz CT molecular complexity index is 387. The number of urea groups is 1. The molecule has 6 nitrogen and oxygen atoms in total. The van der Waals surface area contributed by atoms with Crippen LogP contribution < -0.4 is 5.32 Å². The Morgan fingerprint density at radius 3 is 2.65 bits per heavy atom. The monoisotopic (exact) mass is 284 g/mol. The van der Waals surface area contributed by atoms with Crippen molar-refractivity contribution in [2.45, 2.75) is 51.2 Å². The van der Waals surface area contributed by atoms with Crippen molar-refractivity contribution in [3.8, 4) is 0 Å². The van der Waals surface area contributed by atoms with E-state index in [-0.39, 0.29) is 24.7 Å². The number of methoxy groups -OCH3 is 1. The highest BCUT2D eigenvalue weighted by molar-refractivity contribution is 5.79. The third-order valence-corrected chi connectivity index (χ3v) is 4.59. The summed E-state index contributed by atoms with van der Waals surface area (Å²) in [6.45, 7) is 2.47. The zero-order valence-electron chi connectivity index (χ0n) is 12.2. The first kappa shape index (κ1) is 15.1. The molecule has 0 aromatic carbocycles. The summed E-state index contributed by atoms with van der Waals surface area (Å²) < 4.78 is 5.42. The van der Waals surface area contributed by atoms with Gasteiger partial charge in [0.15, 0.2) is 0 Å². The van der Waals surface area contributed by atoms with E-state index in [2.05, 4.69) is 5.32 Å². The molecule has 2 N–H and O–H groups in total. The molecule has 2 fully saturated rings. The molecule has 1 saturated carbocycles. The van der Waals surface area contributed by atoms with E-state index in [0.717, 1.165) is 25.7 Å². The first-order valence-electron chi connectivity index (χ1n) is 7.28.